The van der Waals surface area contributed by atoms with Crippen molar-refractivity contribution in [1.82, 2.24) is 5.32 Å². The van der Waals surface area contributed by atoms with Crippen molar-refractivity contribution < 1.29 is 9.53 Å². The minimum Gasteiger partial charge on any atom is -0.468 e. The van der Waals surface area contributed by atoms with Gasteiger partial charge in [0, 0.05) is 10.5 Å². The molecular formula is C12H16BrNO2. The maximum absolute atomic E-state index is 11.0. The number of carbonyl (C=O) groups is 1. The summed E-state index contributed by atoms with van der Waals surface area (Å²) in [6.07, 6.45) is 0.929. The second kappa shape index (κ2) is 6.66. The van der Waals surface area contributed by atoms with Crippen molar-refractivity contribution >= 4 is 21.9 Å². The molecule has 1 aromatic rings. The number of halogens is 1. The van der Waals surface area contributed by atoms with E-state index in [4.69, 9.17) is 0 Å². The summed E-state index contributed by atoms with van der Waals surface area (Å²) in [5.41, 5.74) is 1.18. The SMILES string of the molecule is CCC(NCC(=O)OC)c1ccc(Br)cc1. The van der Waals surface area contributed by atoms with Crippen LogP contribution in [-0.4, -0.2) is 19.6 Å². The third kappa shape index (κ3) is 3.94. The second-order valence-corrected chi connectivity index (χ2v) is 4.39. The van der Waals surface area contributed by atoms with Gasteiger partial charge in [0.05, 0.1) is 13.7 Å². The van der Waals surface area contributed by atoms with Gasteiger partial charge in [-0.1, -0.05) is 35.0 Å². The van der Waals surface area contributed by atoms with E-state index in [0.29, 0.717) is 0 Å². The molecule has 0 aliphatic rings. The molecule has 1 atom stereocenters. The van der Waals surface area contributed by atoms with Crippen molar-refractivity contribution in [3.8, 4) is 0 Å². The van der Waals surface area contributed by atoms with Crippen molar-refractivity contribution in [2.75, 3.05) is 13.7 Å². The van der Waals surface area contributed by atoms with Crippen LogP contribution in [0.2, 0.25) is 0 Å². The highest BCUT2D eigenvalue weighted by Gasteiger charge is 2.10. The standard InChI is InChI=1S/C12H16BrNO2/c1-3-11(14-8-12(15)16-2)9-4-6-10(13)7-5-9/h4-7,11,14H,3,8H2,1-2H3. The van der Waals surface area contributed by atoms with E-state index in [1.54, 1.807) is 0 Å². The summed E-state index contributed by atoms with van der Waals surface area (Å²) < 4.78 is 5.65. The van der Waals surface area contributed by atoms with E-state index >= 15 is 0 Å². The molecule has 0 spiro atoms. The van der Waals surface area contributed by atoms with Gasteiger partial charge >= 0.3 is 5.97 Å². The Kier molecular flexibility index (Phi) is 5.49. The molecule has 3 nitrogen and oxygen atoms in total. The van der Waals surface area contributed by atoms with Crippen LogP contribution in [-0.2, 0) is 9.53 Å². The molecule has 0 radical (unpaired) electrons. The van der Waals surface area contributed by atoms with Crippen LogP contribution in [0.5, 0.6) is 0 Å². The van der Waals surface area contributed by atoms with Gasteiger partial charge in [0.2, 0.25) is 0 Å². The number of carbonyl (C=O) groups excluding carboxylic acids is 1. The Morgan fingerprint density at radius 2 is 2.06 bits per heavy atom. The van der Waals surface area contributed by atoms with E-state index < -0.39 is 0 Å². The van der Waals surface area contributed by atoms with Gasteiger partial charge in [-0.15, -0.1) is 0 Å². The van der Waals surface area contributed by atoms with Gasteiger partial charge in [0.15, 0.2) is 0 Å². The Hall–Kier alpha value is -0.870. The number of benzene rings is 1. The number of hydrogen-bond donors (Lipinski definition) is 1. The fourth-order valence-corrected chi connectivity index (χ4v) is 1.74. The third-order valence-corrected chi connectivity index (χ3v) is 2.93. The summed E-state index contributed by atoms with van der Waals surface area (Å²) in [6, 6.07) is 8.27. The van der Waals surface area contributed by atoms with Crippen molar-refractivity contribution in [2.24, 2.45) is 0 Å². The number of ether oxygens (including phenoxy) is 1. The molecule has 0 heterocycles. The van der Waals surface area contributed by atoms with Gasteiger partial charge < -0.3 is 10.1 Å². The number of nitrogens with one attached hydrogen (secondary N) is 1. The van der Waals surface area contributed by atoms with Crippen molar-refractivity contribution in [3.05, 3.63) is 34.3 Å². The summed E-state index contributed by atoms with van der Waals surface area (Å²) in [6.45, 7) is 2.32. The summed E-state index contributed by atoms with van der Waals surface area (Å²) >= 11 is 3.40. The maximum atomic E-state index is 11.0. The highest BCUT2D eigenvalue weighted by Crippen LogP contribution is 2.19. The third-order valence-electron chi connectivity index (χ3n) is 2.40. The molecule has 0 fully saturated rings. The first-order chi connectivity index (χ1) is 7.67. The predicted octanol–water partition coefficient (Wildman–Crippen LogP) is 2.66. The Labute approximate surface area is 104 Å². The molecule has 0 saturated carbocycles. The van der Waals surface area contributed by atoms with Crippen LogP contribution in [0.4, 0.5) is 0 Å². The van der Waals surface area contributed by atoms with Gasteiger partial charge in [-0.3, -0.25) is 4.79 Å². The van der Waals surface area contributed by atoms with Crippen LogP contribution in [0.15, 0.2) is 28.7 Å². The topological polar surface area (TPSA) is 38.3 Å². The Morgan fingerprint density at radius 1 is 1.44 bits per heavy atom. The van der Waals surface area contributed by atoms with Gasteiger partial charge in [0.1, 0.15) is 0 Å². The van der Waals surface area contributed by atoms with Crippen LogP contribution in [0.25, 0.3) is 0 Å². The van der Waals surface area contributed by atoms with Crippen molar-refractivity contribution in [3.63, 3.8) is 0 Å². The number of hydrogen-bond acceptors (Lipinski definition) is 3. The number of rotatable bonds is 5. The second-order valence-electron chi connectivity index (χ2n) is 3.47. The molecule has 4 heteroatoms. The monoisotopic (exact) mass is 285 g/mol. The molecule has 1 N–H and O–H groups in total. The van der Waals surface area contributed by atoms with Gasteiger partial charge in [-0.05, 0) is 24.1 Å². The van der Waals surface area contributed by atoms with Gasteiger partial charge in [-0.2, -0.15) is 0 Å². The zero-order valence-electron chi connectivity index (χ0n) is 9.50. The lowest BCUT2D eigenvalue weighted by atomic mass is 10.0. The molecule has 0 aromatic heterocycles. The van der Waals surface area contributed by atoms with E-state index in [9.17, 15) is 4.79 Å². The average molecular weight is 286 g/mol. The van der Waals surface area contributed by atoms with E-state index in [0.717, 1.165) is 10.9 Å². The zero-order valence-corrected chi connectivity index (χ0v) is 11.1. The summed E-state index contributed by atoms with van der Waals surface area (Å²) in [5.74, 6) is -0.240. The molecule has 1 rings (SSSR count). The molecule has 0 aliphatic heterocycles. The first-order valence-corrected chi connectivity index (χ1v) is 6.02. The first-order valence-electron chi connectivity index (χ1n) is 5.23. The highest BCUT2D eigenvalue weighted by molar-refractivity contribution is 9.10. The number of esters is 1. The fourth-order valence-electron chi connectivity index (χ4n) is 1.47. The molecule has 0 saturated heterocycles. The number of methoxy groups -OCH3 is 1. The van der Waals surface area contributed by atoms with E-state index in [1.165, 1.54) is 12.7 Å². The first kappa shape index (κ1) is 13.2. The predicted molar refractivity (Wildman–Crippen MR) is 67.2 cm³/mol. The quantitative estimate of drug-likeness (QED) is 0.846. The molecule has 0 amide bonds. The molecule has 0 bridgehead atoms. The largest absolute Gasteiger partial charge is 0.468 e. The van der Waals surface area contributed by atoms with Crippen LogP contribution in [0.3, 0.4) is 0 Å². The molecule has 16 heavy (non-hydrogen) atoms. The van der Waals surface area contributed by atoms with E-state index in [1.807, 2.05) is 24.3 Å². The summed E-state index contributed by atoms with van der Waals surface area (Å²) in [5, 5.41) is 3.17. The van der Waals surface area contributed by atoms with Crippen LogP contribution in [0, 0.1) is 0 Å². The van der Waals surface area contributed by atoms with E-state index in [-0.39, 0.29) is 18.6 Å². The molecule has 1 unspecified atom stereocenters. The van der Waals surface area contributed by atoms with E-state index in [2.05, 4.69) is 32.9 Å². The Balaban J connectivity index is 2.60. The average Bonchev–Trinajstić information content (AvgIpc) is 2.31. The van der Waals surface area contributed by atoms with Crippen LogP contribution >= 0.6 is 15.9 Å². The molecule has 88 valence electrons. The molecular weight excluding hydrogens is 270 g/mol. The minimum absolute atomic E-state index is 0.187. The van der Waals surface area contributed by atoms with Gasteiger partial charge in [0.25, 0.3) is 0 Å². The fraction of sp³-hybridized carbons (Fsp3) is 0.417. The normalized spacial score (nSPS) is 12.2. The lowest BCUT2D eigenvalue weighted by molar-refractivity contribution is -0.139. The summed E-state index contributed by atoms with van der Waals surface area (Å²) in [4.78, 5) is 11.0. The lowest BCUT2D eigenvalue weighted by Gasteiger charge is -2.16. The van der Waals surface area contributed by atoms with Crippen molar-refractivity contribution in [2.45, 2.75) is 19.4 Å². The zero-order chi connectivity index (χ0) is 12.0. The van der Waals surface area contributed by atoms with Gasteiger partial charge in [-0.25, -0.2) is 0 Å². The minimum atomic E-state index is -0.240. The molecule has 0 aliphatic carbocycles. The molecule has 1 aromatic carbocycles. The summed E-state index contributed by atoms with van der Waals surface area (Å²) in [7, 11) is 1.39. The maximum Gasteiger partial charge on any atom is 0.319 e. The Morgan fingerprint density at radius 3 is 2.56 bits per heavy atom. The smallest absolute Gasteiger partial charge is 0.319 e. The highest BCUT2D eigenvalue weighted by atomic mass is 79.9. The van der Waals surface area contributed by atoms with Crippen LogP contribution < -0.4 is 5.32 Å². The van der Waals surface area contributed by atoms with Crippen LogP contribution in [0.1, 0.15) is 24.9 Å². The lowest BCUT2D eigenvalue weighted by Crippen LogP contribution is -2.27. The Bertz CT molecular complexity index is 337. The van der Waals surface area contributed by atoms with Crippen molar-refractivity contribution in [1.29, 1.82) is 0 Å².